The van der Waals surface area contributed by atoms with E-state index in [1.54, 1.807) is 17.5 Å². The SMILES string of the molecule is NCC(F)(F)CNC(=O)Cc1csc(Cc2ccc(F)cc2)n1. The summed E-state index contributed by atoms with van der Waals surface area (Å²) in [5.74, 6) is -3.94. The first-order chi connectivity index (χ1) is 10.9. The van der Waals surface area contributed by atoms with Crippen molar-refractivity contribution < 1.29 is 18.0 Å². The number of nitrogens with zero attached hydrogens (tertiary/aromatic N) is 1. The van der Waals surface area contributed by atoms with Crippen molar-refractivity contribution in [3.63, 3.8) is 0 Å². The predicted octanol–water partition coefficient (Wildman–Crippen LogP) is 2.13. The third-order valence-electron chi connectivity index (χ3n) is 3.05. The Morgan fingerprint density at radius 3 is 2.65 bits per heavy atom. The van der Waals surface area contributed by atoms with Crippen molar-refractivity contribution in [1.29, 1.82) is 0 Å². The number of halogens is 3. The molecule has 0 unspecified atom stereocenters. The number of benzene rings is 1. The van der Waals surface area contributed by atoms with Gasteiger partial charge in [-0.05, 0) is 17.7 Å². The van der Waals surface area contributed by atoms with Gasteiger partial charge >= 0.3 is 0 Å². The number of amides is 1. The molecule has 1 heterocycles. The van der Waals surface area contributed by atoms with Crippen molar-refractivity contribution in [2.75, 3.05) is 13.1 Å². The molecule has 3 N–H and O–H groups in total. The van der Waals surface area contributed by atoms with Crippen LogP contribution in [-0.4, -0.2) is 29.9 Å². The van der Waals surface area contributed by atoms with E-state index in [1.165, 1.54) is 23.5 Å². The lowest BCUT2D eigenvalue weighted by Gasteiger charge is -2.14. The second-order valence-corrected chi connectivity index (χ2v) is 5.99. The lowest BCUT2D eigenvalue weighted by molar-refractivity contribution is -0.122. The molecular formula is C15H16F3N3OS. The van der Waals surface area contributed by atoms with Crippen molar-refractivity contribution in [3.8, 4) is 0 Å². The summed E-state index contributed by atoms with van der Waals surface area (Å²) in [4.78, 5) is 15.9. The molecule has 0 aliphatic rings. The van der Waals surface area contributed by atoms with Gasteiger partial charge in [-0.3, -0.25) is 4.79 Å². The number of alkyl halides is 2. The molecule has 0 spiro atoms. The number of nitrogens with one attached hydrogen (secondary N) is 1. The summed E-state index contributed by atoms with van der Waals surface area (Å²) in [5.41, 5.74) is 6.31. The van der Waals surface area contributed by atoms with Gasteiger partial charge in [0.2, 0.25) is 5.91 Å². The molecule has 1 aromatic heterocycles. The first-order valence-electron chi connectivity index (χ1n) is 6.90. The van der Waals surface area contributed by atoms with E-state index >= 15 is 0 Å². The minimum absolute atomic E-state index is 0.0689. The molecule has 0 aliphatic carbocycles. The third-order valence-corrected chi connectivity index (χ3v) is 3.95. The summed E-state index contributed by atoms with van der Waals surface area (Å²) in [6.45, 7) is -1.60. The van der Waals surface area contributed by atoms with Gasteiger partial charge in [0.25, 0.3) is 5.92 Å². The van der Waals surface area contributed by atoms with Crippen LogP contribution in [0.2, 0.25) is 0 Å². The lowest BCUT2D eigenvalue weighted by Crippen LogP contribution is -2.42. The topological polar surface area (TPSA) is 68.0 Å². The monoisotopic (exact) mass is 343 g/mol. The average Bonchev–Trinajstić information content (AvgIpc) is 2.95. The highest BCUT2D eigenvalue weighted by Crippen LogP contribution is 2.16. The summed E-state index contributed by atoms with van der Waals surface area (Å²) >= 11 is 1.37. The molecule has 1 aromatic carbocycles. The van der Waals surface area contributed by atoms with Gasteiger partial charge in [-0.25, -0.2) is 18.2 Å². The van der Waals surface area contributed by atoms with Gasteiger partial charge < -0.3 is 11.1 Å². The van der Waals surface area contributed by atoms with Gasteiger partial charge in [-0.15, -0.1) is 11.3 Å². The van der Waals surface area contributed by atoms with Crippen molar-refractivity contribution in [3.05, 3.63) is 51.7 Å². The van der Waals surface area contributed by atoms with E-state index in [1.807, 2.05) is 0 Å². The number of carbonyl (C=O) groups excluding carboxylic acids is 1. The maximum Gasteiger partial charge on any atom is 0.277 e. The summed E-state index contributed by atoms with van der Waals surface area (Å²) in [7, 11) is 0. The first-order valence-corrected chi connectivity index (χ1v) is 7.78. The van der Waals surface area contributed by atoms with Gasteiger partial charge in [-0.1, -0.05) is 12.1 Å². The Morgan fingerprint density at radius 2 is 2.00 bits per heavy atom. The van der Waals surface area contributed by atoms with Crippen molar-refractivity contribution in [1.82, 2.24) is 10.3 Å². The number of rotatable bonds is 7. The number of hydrogen-bond donors (Lipinski definition) is 2. The number of thiazole rings is 1. The fourth-order valence-corrected chi connectivity index (χ4v) is 2.64. The maximum atomic E-state index is 12.9. The van der Waals surface area contributed by atoms with Crippen LogP contribution in [0.4, 0.5) is 13.2 Å². The molecule has 8 heteroatoms. The van der Waals surface area contributed by atoms with Gasteiger partial charge in [0.1, 0.15) is 5.82 Å². The van der Waals surface area contributed by atoms with Crippen LogP contribution < -0.4 is 11.1 Å². The molecular weight excluding hydrogens is 327 g/mol. The van der Waals surface area contributed by atoms with Gasteiger partial charge in [-0.2, -0.15) is 0 Å². The van der Waals surface area contributed by atoms with Crippen molar-refractivity contribution >= 4 is 17.2 Å². The Kier molecular flexibility index (Phi) is 5.73. The Hall–Kier alpha value is -1.93. The zero-order chi connectivity index (χ0) is 16.9. The summed E-state index contributed by atoms with van der Waals surface area (Å²) < 4.78 is 38.7. The summed E-state index contributed by atoms with van der Waals surface area (Å²) in [6.07, 6.45) is 0.457. The second-order valence-electron chi connectivity index (χ2n) is 5.05. The molecule has 0 atom stereocenters. The molecule has 4 nitrogen and oxygen atoms in total. The van der Waals surface area contributed by atoms with Crippen LogP contribution in [0.1, 0.15) is 16.3 Å². The van der Waals surface area contributed by atoms with E-state index in [4.69, 9.17) is 5.73 Å². The third kappa shape index (κ3) is 5.65. The smallest absolute Gasteiger partial charge is 0.277 e. The van der Waals surface area contributed by atoms with Gasteiger partial charge in [0.05, 0.1) is 30.2 Å². The summed E-state index contributed by atoms with van der Waals surface area (Å²) in [6, 6.07) is 6.07. The van der Waals surface area contributed by atoms with Gasteiger partial charge in [0, 0.05) is 11.8 Å². The van der Waals surface area contributed by atoms with E-state index in [0.717, 1.165) is 10.6 Å². The highest BCUT2D eigenvalue weighted by atomic mass is 32.1. The fourth-order valence-electron chi connectivity index (χ4n) is 1.82. The minimum atomic E-state index is -3.11. The number of carbonyl (C=O) groups is 1. The summed E-state index contributed by atoms with van der Waals surface area (Å²) in [5, 5.41) is 4.62. The quantitative estimate of drug-likeness (QED) is 0.809. The Morgan fingerprint density at radius 1 is 1.30 bits per heavy atom. The van der Waals surface area contributed by atoms with Crippen LogP contribution in [0.3, 0.4) is 0 Å². The molecule has 2 rings (SSSR count). The highest BCUT2D eigenvalue weighted by Gasteiger charge is 2.27. The van der Waals surface area contributed by atoms with E-state index in [0.29, 0.717) is 12.1 Å². The second kappa shape index (κ2) is 7.56. The molecule has 0 fully saturated rings. The van der Waals surface area contributed by atoms with E-state index in [2.05, 4.69) is 10.3 Å². The molecule has 0 aliphatic heterocycles. The molecule has 1 amide bonds. The lowest BCUT2D eigenvalue weighted by atomic mass is 10.1. The van der Waals surface area contributed by atoms with E-state index in [-0.39, 0.29) is 12.2 Å². The molecule has 0 bridgehead atoms. The number of nitrogens with two attached hydrogens (primary N) is 1. The van der Waals surface area contributed by atoms with Crippen LogP contribution in [-0.2, 0) is 17.6 Å². The minimum Gasteiger partial charge on any atom is -0.350 e. The van der Waals surface area contributed by atoms with Crippen molar-refractivity contribution in [2.45, 2.75) is 18.8 Å². The predicted molar refractivity (Wildman–Crippen MR) is 82.0 cm³/mol. The highest BCUT2D eigenvalue weighted by molar-refractivity contribution is 7.09. The zero-order valence-electron chi connectivity index (χ0n) is 12.2. The normalized spacial score (nSPS) is 11.5. The van der Waals surface area contributed by atoms with Crippen LogP contribution in [0.25, 0.3) is 0 Å². The number of aromatic nitrogens is 1. The molecule has 23 heavy (non-hydrogen) atoms. The fraction of sp³-hybridized carbons (Fsp3) is 0.333. The van der Waals surface area contributed by atoms with Crippen molar-refractivity contribution in [2.24, 2.45) is 5.73 Å². The molecule has 0 saturated heterocycles. The first kappa shape index (κ1) is 17.4. The standard InChI is InChI=1S/C15H16F3N3OS/c16-11-3-1-10(2-4-11)5-14-21-12(7-23-14)6-13(22)20-9-15(17,18)8-19/h1-4,7H,5-6,8-9,19H2,(H,20,22). The average molecular weight is 343 g/mol. The maximum absolute atomic E-state index is 12.9. The molecule has 0 saturated carbocycles. The molecule has 124 valence electrons. The molecule has 0 radical (unpaired) electrons. The number of hydrogen-bond acceptors (Lipinski definition) is 4. The Bertz CT molecular complexity index is 658. The molecule has 2 aromatic rings. The zero-order valence-corrected chi connectivity index (χ0v) is 13.0. The Labute approximate surface area is 135 Å². The van der Waals surface area contributed by atoms with E-state index in [9.17, 15) is 18.0 Å². The Balaban J connectivity index is 1.87. The van der Waals surface area contributed by atoms with Crippen LogP contribution in [0.5, 0.6) is 0 Å². The van der Waals surface area contributed by atoms with Gasteiger partial charge in [0.15, 0.2) is 0 Å². The van der Waals surface area contributed by atoms with E-state index < -0.39 is 24.9 Å². The van der Waals surface area contributed by atoms with Crippen LogP contribution >= 0.6 is 11.3 Å². The van der Waals surface area contributed by atoms with Crippen LogP contribution in [0, 0.1) is 5.82 Å². The largest absolute Gasteiger partial charge is 0.350 e. The van der Waals surface area contributed by atoms with Crippen LogP contribution in [0.15, 0.2) is 29.6 Å².